The third-order valence-electron chi connectivity index (χ3n) is 8.82. The Kier molecular flexibility index (Phi) is 5.29. The van der Waals surface area contributed by atoms with Gasteiger partial charge in [-0.3, -0.25) is 0 Å². The van der Waals surface area contributed by atoms with Crippen LogP contribution in [0.4, 0.5) is 17.1 Å². The molecule has 0 N–H and O–H groups in total. The molecule has 1 aliphatic rings. The number of nitrogens with zero attached hydrogens (tertiary/aromatic N) is 3. The molecule has 0 unspecified atom stereocenters. The zero-order valence-corrected chi connectivity index (χ0v) is 24.5. The van der Waals surface area contributed by atoms with Crippen LogP contribution in [0.2, 0.25) is 0 Å². The molecule has 3 heterocycles. The molecule has 0 saturated carbocycles. The Morgan fingerprint density at radius 1 is 0.477 bits per heavy atom. The number of rotatable bonds is 3. The number of aryl methyl sites for hydroxylation is 2. The minimum atomic E-state index is 0.876. The second kappa shape index (κ2) is 9.38. The van der Waals surface area contributed by atoms with Gasteiger partial charge in [0.15, 0.2) is 11.5 Å². The fourth-order valence-electron chi connectivity index (χ4n) is 6.74. The first-order valence-corrected chi connectivity index (χ1v) is 15.0. The molecule has 8 aromatic rings. The average Bonchev–Trinajstić information content (AvgIpc) is 3.61. The number of para-hydroxylation sites is 2. The van der Waals surface area contributed by atoms with E-state index in [2.05, 4.69) is 168 Å². The van der Waals surface area contributed by atoms with Crippen molar-refractivity contribution in [2.75, 3.05) is 4.90 Å². The molecular weight excluding hydrogens is 538 g/mol. The van der Waals surface area contributed by atoms with Gasteiger partial charge in [0, 0.05) is 39.4 Å². The number of aromatic nitrogens is 2. The summed E-state index contributed by atoms with van der Waals surface area (Å²) >= 11 is 0. The molecular formula is C40H29N3O. The maximum absolute atomic E-state index is 6.39. The highest BCUT2D eigenvalue weighted by Gasteiger charge is 2.26. The van der Waals surface area contributed by atoms with Crippen molar-refractivity contribution in [3.05, 3.63) is 151 Å². The Morgan fingerprint density at radius 2 is 1.14 bits per heavy atom. The molecule has 0 fully saturated rings. The second-order valence-electron chi connectivity index (χ2n) is 11.7. The molecule has 0 amide bonds. The second-order valence-corrected chi connectivity index (χ2v) is 11.7. The Bertz CT molecular complexity index is 2330. The van der Waals surface area contributed by atoms with Gasteiger partial charge in [0.1, 0.15) is 0 Å². The van der Waals surface area contributed by atoms with Gasteiger partial charge in [0.25, 0.3) is 0 Å². The van der Waals surface area contributed by atoms with E-state index in [1.165, 1.54) is 43.8 Å². The molecule has 0 spiro atoms. The first kappa shape index (κ1) is 24.8. The SMILES string of the molecule is Cc1ccc2c(c1)Oc1cc(C)ccc1N2c1ccc(-n2c3ccccc3c3cc4c(ccn4-c4ccccc4)cc32)cc1. The minimum Gasteiger partial charge on any atom is -0.453 e. The zero-order valence-electron chi connectivity index (χ0n) is 24.5. The number of fused-ring (bicyclic) bond motifs is 6. The van der Waals surface area contributed by atoms with Gasteiger partial charge >= 0.3 is 0 Å². The van der Waals surface area contributed by atoms with Gasteiger partial charge in [-0.15, -0.1) is 0 Å². The molecule has 210 valence electrons. The van der Waals surface area contributed by atoms with Crippen molar-refractivity contribution in [2.24, 2.45) is 0 Å². The molecule has 0 bridgehead atoms. The fraction of sp³-hybridized carbons (Fsp3) is 0.0500. The normalized spacial score (nSPS) is 12.5. The number of hydrogen-bond acceptors (Lipinski definition) is 2. The molecule has 2 aromatic heterocycles. The van der Waals surface area contributed by atoms with Crippen molar-refractivity contribution in [1.29, 1.82) is 0 Å². The van der Waals surface area contributed by atoms with Gasteiger partial charge < -0.3 is 18.8 Å². The van der Waals surface area contributed by atoms with Crippen LogP contribution in [0.3, 0.4) is 0 Å². The monoisotopic (exact) mass is 567 g/mol. The number of hydrogen-bond donors (Lipinski definition) is 0. The summed E-state index contributed by atoms with van der Waals surface area (Å²) in [6, 6.07) is 47.9. The molecule has 44 heavy (non-hydrogen) atoms. The van der Waals surface area contributed by atoms with E-state index in [1.807, 2.05) is 0 Å². The van der Waals surface area contributed by atoms with Gasteiger partial charge in [-0.25, -0.2) is 0 Å². The third kappa shape index (κ3) is 3.71. The number of benzene rings is 6. The smallest absolute Gasteiger partial charge is 0.151 e. The lowest BCUT2D eigenvalue weighted by atomic mass is 10.1. The largest absolute Gasteiger partial charge is 0.453 e. The van der Waals surface area contributed by atoms with E-state index in [-0.39, 0.29) is 0 Å². The Morgan fingerprint density at radius 3 is 1.86 bits per heavy atom. The zero-order chi connectivity index (χ0) is 29.4. The third-order valence-corrected chi connectivity index (χ3v) is 8.82. The van der Waals surface area contributed by atoms with E-state index in [4.69, 9.17) is 4.74 Å². The van der Waals surface area contributed by atoms with Gasteiger partial charge in [-0.1, -0.05) is 48.5 Å². The van der Waals surface area contributed by atoms with Crippen molar-refractivity contribution in [3.8, 4) is 22.9 Å². The Balaban J connectivity index is 1.21. The summed E-state index contributed by atoms with van der Waals surface area (Å²) in [6.45, 7) is 4.20. The molecule has 0 aliphatic carbocycles. The summed E-state index contributed by atoms with van der Waals surface area (Å²) in [6.07, 6.45) is 2.17. The van der Waals surface area contributed by atoms with E-state index in [1.54, 1.807) is 0 Å². The summed E-state index contributed by atoms with van der Waals surface area (Å²) in [5.41, 5.74) is 11.4. The van der Waals surface area contributed by atoms with Crippen LogP contribution in [0, 0.1) is 13.8 Å². The van der Waals surface area contributed by atoms with Crippen LogP contribution in [0.25, 0.3) is 44.1 Å². The molecule has 4 nitrogen and oxygen atoms in total. The van der Waals surface area contributed by atoms with Crippen molar-refractivity contribution in [3.63, 3.8) is 0 Å². The van der Waals surface area contributed by atoms with Gasteiger partial charge in [-0.2, -0.15) is 0 Å². The summed E-state index contributed by atoms with van der Waals surface area (Å²) in [4.78, 5) is 2.30. The van der Waals surface area contributed by atoms with Crippen LogP contribution < -0.4 is 9.64 Å². The molecule has 0 saturated heterocycles. The topological polar surface area (TPSA) is 22.3 Å². The molecule has 6 aromatic carbocycles. The van der Waals surface area contributed by atoms with Crippen LogP contribution >= 0.6 is 0 Å². The maximum atomic E-state index is 6.39. The van der Waals surface area contributed by atoms with E-state index >= 15 is 0 Å². The molecule has 1 aliphatic heterocycles. The highest BCUT2D eigenvalue weighted by Crippen LogP contribution is 2.51. The summed E-state index contributed by atoms with van der Waals surface area (Å²) < 4.78 is 11.1. The predicted molar refractivity (Wildman–Crippen MR) is 182 cm³/mol. The maximum Gasteiger partial charge on any atom is 0.151 e. The van der Waals surface area contributed by atoms with Gasteiger partial charge in [-0.05, 0) is 110 Å². The quantitative estimate of drug-likeness (QED) is 0.212. The lowest BCUT2D eigenvalue weighted by Crippen LogP contribution is -2.16. The Labute approximate surface area is 255 Å². The Hall–Kier alpha value is -5.74. The molecule has 4 heteroatoms. The number of anilines is 3. The van der Waals surface area contributed by atoms with Crippen molar-refractivity contribution in [2.45, 2.75) is 13.8 Å². The molecule has 0 radical (unpaired) electrons. The predicted octanol–water partition coefficient (Wildman–Crippen LogP) is 10.9. The van der Waals surface area contributed by atoms with Crippen LogP contribution in [0.1, 0.15) is 11.1 Å². The summed E-state index contributed by atoms with van der Waals surface area (Å²) in [7, 11) is 0. The van der Waals surface area contributed by atoms with Gasteiger partial charge in [0.2, 0.25) is 0 Å². The lowest BCUT2D eigenvalue weighted by molar-refractivity contribution is 0.476. The van der Waals surface area contributed by atoms with Gasteiger partial charge in [0.05, 0.1) is 27.9 Å². The average molecular weight is 568 g/mol. The first-order valence-electron chi connectivity index (χ1n) is 15.0. The van der Waals surface area contributed by atoms with Crippen LogP contribution in [-0.2, 0) is 0 Å². The highest BCUT2D eigenvalue weighted by molar-refractivity contribution is 6.13. The van der Waals surface area contributed by atoms with Crippen LogP contribution in [0.5, 0.6) is 11.5 Å². The standard InChI is InChI=1S/C40H29N3O/c1-26-12-18-35-39(22-26)44-40-23-27(2)13-19-36(40)43(35)31-16-14-30(15-17-31)42-34-11-7-6-10-32(34)33-25-37-28(24-38(33)42)20-21-41(37)29-8-4-3-5-9-29/h3-25H,1-2H3. The fourth-order valence-corrected chi connectivity index (χ4v) is 6.74. The van der Waals surface area contributed by atoms with E-state index in [0.29, 0.717) is 0 Å². The highest BCUT2D eigenvalue weighted by atomic mass is 16.5. The van der Waals surface area contributed by atoms with Crippen LogP contribution in [-0.4, -0.2) is 9.13 Å². The van der Waals surface area contributed by atoms with Crippen molar-refractivity contribution >= 4 is 49.8 Å². The van der Waals surface area contributed by atoms with Crippen LogP contribution in [0.15, 0.2) is 140 Å². The minimum absolute atomic E-state index is 0.876. The first-order chi connectivity index (χ1) is 21.6. The van der Waals surface area contributed by atoms with E-state index in [0.717, 1.165) is 39.9 Å². The summed E-state index contributed by atoms with van der Waals surface area (Å²) in [5.74, 6) is 1.75. The number of ether oxygens (including phenoxy) is 1. The lowest BCUT2D eigenvalue weighted by Gasteiger charge is -2.33. The molecule has 9 rings (SSSR count). The van der Waals surface area contributed by atoms with E-state index in [9.17, 15) is 0 Å². The van der Waals surface area contributed by atoms with Crippen molar-refractivity contribution in [1.82, 2.24) is 9.13 Å². The molecule has 0 atom stereocenters. The van der Waals surface area contributed by atoms with Crippen molar-refractivity contribution < 1.29 is 4.74 Å². The summed E-state index contributed by atoms with van der Waals surface area (Å²) in [5, 5.41) is 3.71. The van der Waals surface area contributed by atoms with E-state index < -0.39 is 0 Å².